The molecule has 1 atom stereocenters. The van der Waals surface area contributed by atoms with Crippen molar-refractivity contribution in [1.29, 1.82) is 0 Å². The first-order valence-electron chi connectivity index (χ1n) is 12.1. The van der Waals surface area contributed by atoms with E-state index in [9.17, 15) is 9.18 Å². The Morgan fingerprint density at radius 2 is 2.00 bits per heavy atom. The van der Waals surface area contributed by atoms with Crippen LogP contribution < -0.4 is 21.3 Å². The van der Waals surface area contributed by atoms with E-state index in [4.69, 9.17) is 5.73 Å². The Balaban J connectivity index is 1.40. The smallest absolute Gasteiger partial charge is 0.255 e. The third kappa shape index (κ3) is 5.34. The number of halogens is 1. The molecular formula is C27H29FN8O. The van der Waals surface area contributed by atoms with E-state index in [1.165, 1.54) is 6.33 Å². The van der Waals surface area contributed by atoms with Gasteiger partial charge in [0, 0.05) is 29.0 Å². The van der Waals surface area contributed by atoms with Gasteiger partial charge in [-0.25, -0.2) is 24.3 Å². The normalized spacial score (nSPS) is 15.7. The van der Waals surface area contributed by atoms with Crippen LogP contribution >= 0.6 is 0 Å². The molecule has 5 rings (SSSR count). The highest BCUT2D eigenvalue weighted by Crippen LogP contribution is 2.28. The lowest BCUT2D eigenvalue weighted by Gasteiger charge is -2.19. The van der Waals surface area contributed by atoms with Crippen LogP contribution in [0.4, 0.5) is 27.5 Å². The molecule has 0 bridgehead atoms. The molecule has 1 aliphatic heterocycles. The van der Waals surface area contributed by atoms with E-state index in [2.05, 4.69) is 30.6 Å². The van der Waals surface area contributed by atoms with Crippen molar-refractivity contribution in [2.75, 3.05) is 28.6 Å². The Morgan fingerprint density at radius 3 is 2.76 bits per heavy atom. The summed E-state index contributed by atoms with van der Waals surface area (Å²) in [7, 11) is 0. The molecule has 0 spiro atoms. The summed E-state index contributed by atoms with van der Waals surface area (Å²) in [6, 6.07) is 12.9. The van der Waals surface area contributed by atoms with Crippen LogP contribution in [-0.2, 0) is 5.54 Å². The van der Waals surface area contributed by atoms with Gasteiger partial charge in [-0.2, -0.15) is 0 Å². The van der Waals surface area contributed by atoms with Crippen LogP contribution in [0.2, 0.25) is 0 Å². The van der Waals surface area contributed by atoms with Gasteiger partial charge in [0.05, 0.1) is 12.7 Å². The molecule has 0 unspecified atom stereocenters. The highest BCUT2D eigenvalue weighted by atomic mass is 19.1. The lowest BCUT2D eigenvalue weighted by molar-refractivity contribution is 0.102. The van der Waals surface area contributed by atoms with Crippen LogP contribution in [-0.4, -0.2) is 45.1 Å². The number of rotatable bonds is 6. The molecule has 10 heteroatoms. The molecule has 190 valence electrons. The SMILES string of the molecule is Cc1ccc(NC(=O)c2cccc(C(C)(C)N)c2)cc1Nc1ncnc2cnc(N3CC[C@@H](F)C3)nc12. The van der Waals surface area contributed by atoms with Crippen LogP contribution in [0, 0.1) is 6.92 Å². The van der Waals surface area contributed by atoms with Crippen molar-refractivity contribution < 1.29 is 9.18 Å². The topological polar surface area (TPSA) is 122 Å². The number of hydrogen-bond donors (Lipinski definition) is 3. The van der Waals surface area contributed by atoms with E-state index >= 15 is 0 Å². The van der Waals surface area contributed by atoms with E-state index < -0.39 is 11.7 Å². The van der Waals surface area contributed by atoms with Gasteiger partial charge in [0.1, 0.15) is 23.5 Å². The maximum atomic E-state index is 13.7. The first-order valence-corrected chi connectivity index (χ1v) is 12.1. The van der Waals surface area contributed by atoms with Crippen molar-refractivity contribution >= 4 is 40.1 Å². The van der Waals surface area contributed by atoms with Gasteiger partial charge in [-0.3, -0.25) is 4.79 Å². The zero-order valence-electron chi connectivity index (χ0n) is 21.0. The quantitative estimate of drug-likeness (QED) is 0.355. The largest absolute Gasteiger partial charge is 0.338 e. The number of fused-ring (bicyclic) bond motifs is 1. The summed E-state index contributed by atoms with van der Waals surface area (Å²) in [5.74, 6) is 0.711. The number of aryl methyl sites for hydroxylation is 1. The Hall–Kier alpha value is -4.18. The van der Waals surface area contributed by atoms with E-state index in [1.54, 1.807) is 18.3 Å². The number of hydrogen-bond acceptors (Lipinski definition) is 8. The van der Waals surface area contributed by atoms with Gasteiger partial charge in [0.2, 0.25) is 5.95 Å². The first kappa shape index (κ1) is 24.5. The first-order chi connectivity index (χ1) is 17.7. The van der Waals surface area contributed by atoms with Gasteiger partial charge in [-0.05, 0) is 62.6 Å². The van der Waals surface area contributed by atoms with Crippen molar-refractivity contribution in [1.82, 2.24) is 19.9 Å². The van der Waals surface area contributed by atoms with Crippen LogP contribution in [0.25, 0.3) is 11.0 Å². The average molecular weight is 501 g/mol. The molecule has 0 saturated carbocycles. The molecule has 4 aromatic rings. The number of benzene rings is 2. The zero-order chi connectivity index (χ0) is 26.2. The lowest BCUT2D eigenvalue weighted by atomic mass is 9.94. The fourth-order valence-electron chi connectivity index (χ4n) is 4.21. The van der Waals surface area contributed by atoms with Crippen LogP contribution in [0.3, 0.4) is 0 Å². The average Bonchev–Trinajstić information content (AvgIpc) is 3.32. The second-order valence-electron chi connectivity index (χ2n) is 9.87. The Labute approximate surface area is 214 Å². The van der Waals surface area contributed by atoms with Crippen molar-refractivity contribution in [3.8, 4) is 0 Å². The number of alkyl halides is 1. The number of carbonyl (C=O) groups excluding carboxylic acids is 1. The summed E-state index contributed by atoms with van der Waals surface area (Å²) in [5, 5.41) is 6.28. The molecule has 1 aliphatic rings. The fraction of sp³-hybridized carbons (Fsp3) is 0.296. The van der Waals surface area contributed by atoms with Gasteiger partial charge in [0.15, 0.2) is 5.82 Å². The van der Waals surface area contributed by atoms with Gasteiger partial charge in [0.25, 0.3) is 5.91 Å². The van der Waals surface area contributed by atoms with Crippen LogP contribution in [0.15, 0.2) is 55.0 Å². The van der Waals surface area contributed by atoms with Crippen LogP contribution in [0.5, 0.6) is 0 Å². The molecule has 37 heavy (non-hydrogen) atoms. The van der Waals surface area contributed by atoms with Crippen LogP contribution in [0.1, 0.15) is 41.8 Å². The fourth-order valence-corrected chi connectivity index (χ4v) is 4.21. The maximum absolute atomic E-state index is 13.7. The second kappa shape index (κ2) is 9.70. The summed E-state index contributed by atoms with van der Waals surface area (Å²) in [6.45, 7) is 6.59. The Bertz CT molecular complexity index is 1470. The molecule has 9 nitrogen and oxygen atoms in total. The molecule has 4 N–H and O–H groups in total. The maximum Gasteiger partial charge on any atom is 0.255 e. The molecule has 0 radical (unpaired) electrons. The van der Waals surface area contributed by atoms with E-state index in [1.807, 2.05) is 56.0 Å². The number of anilines is 4. The van der Waals surface area contributed by atoms with E-state index in [0.29, 0.717) is 47.0 Å². The molecule has 3 heterocycles. The number of carbonyl (C=O) groups is 1. The highest BCUT2D eigenvalue weighted by Gasteiger charge is 2.24. The standard InChI is InChI=1S/C27H29FN8O/c1-16-7-8-20(33-25(37)17-5-4-6-18(11-17)27(2,3)29)12-21(16)34-24-23-22(31-15-32-24)13-30-26(35-23)36-10-9-19(28)14-36/h4-8,11-13,15,19H,9-10,14,29H2,1-3H3,(H,33,37)(H,31,32,34)/t19-/m1/s1. The molecule has 1 amide bonds. The van der Waals surface area contributed by atoms with Crippen molar-refractivity contribution in [3.63, 3.8) is 0 Å². The predicted octanol–water partition coefficient (Wildman–Crippen LogP) is 4.47. The summed E-state index contributed by atoms with van der Waals surface area (Å²) in [4.78, 5) is 32.4. The minimum atomic E-state index is -0.881. The van der Waals surface area contributed by atoms with Gasteiger partial charge >= 0.3 is 0 Å². The molecule has 1 saturated heterocycles. The van der Waals surface area contributed by atoms with Gasteiger partial charge in [-0.1, -0.05) is 18.2 Å². The third-order valence-corrected chi connectivity index (χ3v) is 6.40. The third-order valence-electron chi connectivity index (χ3n) is 6.40. The van der Waals surface area contributed by atoms with Gasteiger partial charge in [-0.15, -0.1) is 0 Å². The van der Waals surface area contributed by atoms with Crippen molar-refractivity contribution in [3.05, 3.63) is 71.7 Å². The highest BCUT2D eigenvalue weighted by molar-refractivity contribution is 6.04. The minimum absolute atomic E-state index is 0.234. The minimum Gasteiger partial charge on any atom is -0.338 e. The van der Waals surface area contributed by atoms with E-state index in [-0.39, 0.29) is 12.5 Å². The molecular weight excluding hydrogens is 471 g/mol. The number of aromatic nitrogens is 4. The Kier molecular flexibility index (Phi) is 6.43. The number of nitrogens with zero attached hydrogens (tertiary/aromatic N) is 5. The lowest BCUT2D eigenvalue weighted by Crippen LogP contribution is -2.29. The van der Waals surface area contributed by atoms with Crippen molar-refractivity contribution in [2.45, 2.75) is 38.9 Å². The second-order valence-corrected chi connectivity index (χ2v) is 9.87. The Morgan fingerprint density at radius 1 is 1.16 bits per heavy atom. The zero-order valence-corrected chi connectivity index (χ0v) is 21.0. The molecule has 2 aromatic heterocycles. The number of nitrogens with two attached hydrogens (primary N) is 1. The molecule has 1 fully saturated rings. The van der Waals surface area contributed by atoms with Gasteiger partial charge < -0.3 is 21.3 Å². The monoisotopic (exact) mass is 500 g/mol. The number of amides is 1. The predicted molar refractivity (Wildman–Crippen MR) is 143 cm³/mol. The van der Waals surface area contributed by atoms with E-state index in [0.717, 1.165) is 16.8 Å². The summed E-state index contributed by atoms with van der Waals surface area (Å²) in [5.41, 5.74) is 10.5. The number of nitrogens with one attached hydrogen (secondary N) is 2. The summed E-state index contributed by atoms with van der Waals surface area (Å²) < 4.78 is 13.7. The van der Waals surface area contributed by atoms with Crippen molar-refractivity contribution in [2.24, 2.45) is 5.73 Å². The summed E-state index contributed by atoms with van der Waals surface area (Å²) >= 11 is 0. The summed E-state index contributed by atoms with van der Waals surface area (Å²) in [6.07, 6.45) is 2.64. The molecule has 0 aliphatic carbocycles. The molecule has 2 aromatic carbocycles.